The van der Waals surface area contributed by atoms with Crippen LogP contribution in [0.15, 0.2) is 46.5 Å². The standard InChI is InChI=1S/C28H36N4O2SSi/c1-18(2)36(19(3)4,20(5)6)16-15-22-23-17-29-28(35-9)30-25(23)32(21-13-11-10-12-14-21)27(34)24(22)26(33)31(7)8/h10-14,17-20H,1-9H3. The number of nitrogens with zero attached hydrogens (tertiary/aromatic N) is 4. The first-order valence-corrected chi connectivity index (χ1v) is 15.7. The number of thioether (sulfide) groups is 1. The molecule has 0 aliphatic heterocycles. The van der Waals surface area contributed by atoms with Gasteiger partial charge >= 0.3 is 0 Å². The highest BCUT2D eigenvalue weighted by Crippen LogP contribution is 2.41. The Kier molecular flexibility index (Phi) is 8.47. The van der Waals surface area contributed by atoms with Gasteiger partial charge < -0.3 is 4.90 Å². The Morgan fingerprint density at radius 2 is 1.61 bits per heavy atom. The topological polar surface area (TPSA) is 68.1 Å². The van der Waals surface area contributed by atoms with Crippen LogP contribution in [0.1, 0.15) is 57.5 Å². The van der Waals surface area contributed by atoms with Crippen LogP contribution in [0.5, 0.6) is 0 Å². The fourth-order valence-corrected chi connectivity index (χ4v) is 10.8. The van der Waals surface area contributed by atoms with Crippen molar-refractivity contribution in [3.05, 3.63) is 58.0 Å². The molecule has 36 heavy (non-hydrogen) atoms. The third-order valence-corrected chi connectivity index (χ3v) is 13.8. The van der Waals surface area contributed by atoms with Gasteiger partial charge in [0.05, 0.1) is 16.6 Å². The van der Waals surface area contributed by atoms with Crippen molar-refractivity contribution >= 4 is 36.8 Å². The van der Waals surface area contributed by atoms with Crippen LogP contribution in [0.3, 0.4) is 0 Å². The Labute approximate surface area is 219 Å². The van der Waals surface area contributed by atoms with Gasteiger partial charge in [-0.05, 0) is 35.0 Å². The smallest absolute Gasteiger partial charge is 0.270 e. The summed E-state index contributed by atoms with van der Waals surface area (Å²) in [5.41, 5.74) is 6.08. The van der Waals surface area contributed by atoms with E-state index in [0.29, 0.717) is 44.1 Å². The minimum absolute atomic E-state index is 0.0588. The molecule has 0 fully saturated rings. The molecule has 1 aromatic carbocycles. The molecule has 0 radical (unpaired) electrons. The van der Waals surface area contributed by atoms with Gasteiger partial charge in [0.1, 0.15) is 13.6 Å². The van der Waals surface area contributed by atoms with Crippen molar-refractivity contribution in [2.45, 2.75) is 63.3 Å². The number of rotatable bonds is 6. The van der Waals surface area contributed by atoms with Crippen molar-refractivity contribution in [1.82, 2.24) is 19.4 Å². The summed E-state index contributed by atoms with van der Waals surface area (Å²) in [6.07, 6.45) is 3.59. The van der Waals surface area contributed by atoms with Gasteiger partial charge in [0.2, 0.25) is 0 Å². The summed E-state index contributed by atoms with van der Waals surface area (Å²) in [7, 11) is 1.17. The van der Waals surface area contributed by atoms with Gasteiger partial charge in [-0.2, -0.15) is 0 Å². The van der Waals surface area contributed by atoms with Crippen LogP contribution < -0.4 is 5.56 Å². The summed E-state index contributed by atoms with van der Waals surface area (Å²) in [4.78, 5) is 38.2. The van der Waals surface area contributed by atoms with E-state index in [-0.39, 0.29) is 11.5 Å². The normalized spacial score (nSPS) is 11.8. The van der Waals surface area contributed by atoms with Crippen LogP contribution in [0.2, 0.25) is 16.6 Å². The van der Waals surface area contributed by atoms with Gasteiger partial charge in [-0.1, -0.05) is 77.4 Å². The minimum Gasteiger partial charge on any atom is -0.345 e. The van der Waals surface area contributed by atoms with E-state index in [4.69, 9.17) is 4.98 Å². The Morgan fingerprint density at radius 3 is 2.11 bits per heavy atom. The maximum Gasteiger partial charge on any atom is 0.270 e. The van der Waals surface area contributed by atoms with Crippen LogP contribution in [0.25, 0.3) is 16.7 Å². The first-order valence-electron chi connectivity index (χ1n) is 12.3. The first-order chi connectivity index (χ1) is 17.0. The van der Waals surface area contributed by atoms with E-state index < -0.39 is 13.6 Å². The monoisotopic (exact) mass is 520 g/mol. The van der Waals surface area contributed by atoms with Crippen LogP contribution in [0, 0.1) is 11.5 Å². The lowest BCUT2D eigenvalue weighted by Gasteiger charge is -2.38. The fraction of sp³-hybridized carbons (Fsp3) is 0.429. The van der Waals surface area contributed by atoms with E-state index in [9.17, 15) is 9.59 Å². The largest absolute Gasteiger partial charge is 0.345 e. The Bertz CT molecular complexity index is 1360. The SMILES string of the molecule is CSc1ncc2c(C#C[Si](C(C)C)(C(C)C)C(C)C)c(C(=O)N(C)C)c(=O)n(-c3ccccc3)c2n1. The Morgan fingerprint density at radius 1 is 1.03 bits per heavy atom. The van der Waals surface area contributed by atoms with E-state index in [1.807, 2.05) is 36.6 Å². The molecule has 0 N–H and O–H groups in total. The number of aromatic nitrogens is 3. The van der Waals surface area contributed by atoms with Gasteiger partial charge in [-0.25, -0.2) is 9.97 Å². The molecular formula is C28H36N4O2SSi. The van der Waals surface area contributed by atoms with Crippen molar-refractivity contribution in [3.8, 4) is 17.2 Å². The lowest BCUT2D eigenvalue weighted by Crippen LogP contribution is -2.43. The first kappa shape index (κ1) is 27.7. The third kappa shape index (κ3) is 4.87. The molecule has 0 saturated carbocycles. The zero-order valence-corrected chi connectivity index (χ0v) is 24.5. The molecule has 1 amide bonds. The van der Waals surface area contributed by atoms with Gasteiger partial charge in [0, 0.05) is 20.3 Å². The maximum atomic E-state index is 14.1. The van der Waals surface area contributed by atoms with E-state index >= 15 is 0 Å². The lowest BCUT2D eigenvalue weighted by atomic mass is 10.0. The molecule has 3 rings (SSSR count). The molecule has 0 saturated heterocycles. The second-order valence-corrected chi connectivity index (χ2v) is 16.5. The summed E-state index contributed by atoms with van der Waals surface area (Å²) in [5.74, 6) is 3.02. The molecule has 6 nitrogen and oxygen atoms in total. The Balaban J connectivity index is 2.56. The van der Waals surface area contributed by atoms with Crippen LogP contribution >= 0.6 is 11.8 Å². The van der Waals surface area contributed by atoms with Crippen LogP contribution in [0.4, 0.5) is 0 Å². The zero-order valence-electron chi connectivity index (χ0n) is 22.7. The molecular weight excluding hydrogens is 484 g/mol. The van der Waals surface area contributed by atoms with E-state index in [1.54, 1.807) is 20.3 Å². The summed E-state index contributed by atoms with van der Waals surface area (Å²) >= 11 is 1.40. The number of pyridine rings is 1. The van der Waals surface area contributed by atoms with Gasteiger partial charge in [-0.3, -0.25) is 14.2 Å². The quantitative estimate of drug-likeness (QED) is 0.179. The summed E-state index contributed by atoms with van der Waals surface area (Å²) in [6, 6.07) is 9.29. The van der Waals surface area contributed by atoms with Crippen molar-refractivity contribution in [2.75, 3.05) is 20.4 Å². The number of hydrogen-bond donors (Lipinski definition) is 0. The molecule has 0 bridgehead atoms. The van der Waals surface area contributed by atoms with Crippen molar-refractivity contribution in [3.63, 3.8) is 0 Å². The molecule has 0 spiro atoms. The second kappa shape index (κ2) is 11.0. The summed E-state index contributed by atoms with van der Waals surface area (Å²) < 4.78 is 1.51. The second-order valence-electron chi connectivity index (χ2n) is 10.2. The lowest BCUT2D eigenvalue weighted by molar-refractivity contribution is 0.0825. The summed E-state index contributed by atoms with van der Waals surface area (Å²) in [6.45, 7) is 13.5. The number of hydrogen-bond acceptors (Lipinski definition) is 5. The van der Waals surface area contributed by atoms with Gasteiger partial charge in [0.25, 0.3) is 11.5 Å². The number of carbonyl (C=O) groups excluding carboxylic acids is 1. The van der Waals surface area contributed by atoms with Crippen molar-refractivity contribution < 1.29 is 4.79 Å². The third-order valence-electron chi connectivity index (χ3n) is 6.98. The molecule has 0 aliphatic rings. The van der Waals surface area contributed by atoms with Crippen LogP contribution in [-0.4, -0.2) is 53.8 Å². The molecule has 8 heteroatoms. The predicted molar refractivity (Wildman–Crippen MR) is 153 cm³/mol. The van der Waals surface area contributed by atoms with Gasteiger partial charge in [0.15, 0.2) is 10.8 Å². The molecule has 0 atom stereocenters. The highest BCUT2D eigenvalue weighted by atomic mass is 32.2. The highest BCUT2D eigenvalue weighted by Gasteiger charge is 2.42. The van der Waals surface area contributed by atoms with Crippen molar-refractivity contribution in [1.29, 1.82) is 0 Å². The fourth-order valence-electron chi connectivity index (χ4n) is 5.22. The number of carbonyl (C=O) groups is 1. The van der Waals surface area contributed by atoms with E-state index in [1.165, 1.54) is 21.2 Å². The molecule has 0 aliphatic carbocycles. The maximum absolute atomic E-state index is 14.1. The van der Waals surface area contributed by atoms with Gasteiger partial charge in [-0.15, -0.1) is 5.54 Å². The molecule has 2 aromatic heterocycles. The van der Waals surface area contributed by atoms with E-state index in [0.717, 1.165) is 0 Å². The average Bonchev–Trinajstić information content (AvgIpc) is 2.83. The Hall–Kier alpha value is -2.89. The number of amides is 1. The zero-order chi connectivity index (χ0) is 26.8. The highest BCUT2D eigenvalue weighted by molar-refractivity contribution is 7.98. The number of benzene rings is 1. The van der Waals surface area contributed by atoms with Crippen molar-refractivity contribution in [2.24, 2.45) is 0 Å². The van der Waals surface area contributed by atoms with E-state index in [2.05, 4.69) is 58.0 Å². The molecule has 2 heterocycles. The summed E-state index contributed by atoms with van der Waals surface area (Å²) in [5, 5.41) is 1.15. The molecule has 0 unspecified atom stereocenters. The minimum atomic E-state index is -2.14. The average molecular weight is 521 g/mol. The molecule has 190 valence electrons. The van der Waals surface area contributed by atoms with Crippen LogP contribution in [-0.2, 0) is 0 Å². The number of para-hydroxylation sites is 1. The predicted octanol–water partition coefficient (Wildman–Crippen LogP) is 5.77. The molecule has 3 aromatic rings. The number of fused-ring (bicyclic) bond motifs is 1.